The Bertz CT molecular complexity index is 574. The van der Waals surface area contributed by atoms with Gasteiger partial charge in [0.25, 0.3) is 0 Å². The summed E-state index contributed by atoms with van der Waals surface area (Å²) < 4.78 is 34.7. The van der Waals surface area contributed by atoms with Crippen LogP contribution in [-0.4, -0.2) is 43.2 Å². The third-order valence-electron chi connectivity index (χ3n) is 3.32. The number of rotatable bonds is 4. The van der Waals surface area contributed by atoms with Crippen molar-refractivity contribution in [2.24, 2.45) is 0 Å². The van der Waals surface area contributed by atoms with Gasteiger partial charge in [-0.05, 0) is 26.7 Å². The van der Waals surface area contributed by atoms with Crippen molar-refractivity contribution in [2.75, 3.05) is 18.5 Å². The molecule has 0 aliphatic carbocycles. The minimum atomic E-state index is -3.57. The first-order chi connectivity index (χ1) is 9.41. The standard InChI is InChI=1S/C12H18N2O5S/c1-8-6-11(19-14-8)13-12(15)9(2)20(16,17)10-4-3-5-18-7-10/h6,9-10H,3-5,7H2,1-2H3,(H,13,15)/t9-,10+/m1/s1. The molecular formula is C12H18N2O5S. The largest absolute Gasteiger partial charge is 0.380 e. The van der Waals surface area contributed by atoms with E-state index in [1.807, 2.05) is 0 Å². The average Bonchev–Trinajstić information content (AvgIpc) is 2.84. The number of amides is 1. The van der Waals surface area contributed by atoms with Crippen molar-refractivity contribution in [3.05, 3.63) is 11.8 Å². The van der Waals surface area contributed by atoms with Crippen molar-refractivity contribution in [3.8, 4) is 0 Å². The van der Waals surface area contributed by atoms with Crippen LogP contribution in [0.2, 0.25) is 0 Å². The van der Waals surface area contributed by atoms with Gasteiger partial charge in [0, 0.05) is 12.7 Å². The lowest BCUT2D eigenvalue weighted by molar-refractivity contribution is -0.115. The van der Waals surface area contributed by atoms with Gasteiger partial charge in [0.05, 0.1) is 17.6 Å². The van der Waals surface area contributed by atoms with Gasteiger partial charge in [-0.25, -0.2) is 8.42 Å². The van der Waals surface area contributed by atoms with Crippen LogP contribution in [0.15, 0.2) is 10.6 Å². The predicted molar refractivity (Wildman–Crippen MR) is 72.1 cm³/mol. The summed E-state index contributed by atoms with van der Waals surface area (Å²) in [5.41, 5.74) is 0.608. The van der Waals surface area contributed by atoms with Crippen molar-refractivity contribution in [1.82, 2.24) is 5.16 Å². The third kappa shape index (κ3) is 3.18. The molecule has 2 rings (SSSR count). The van der Waals surface area contributed by atoms with E-state index in [4.69, 9.17) is 9.26 Å². The van der Waals surface area contributed by atoms with Crippen molar-refractivity contribution in [2.45, 2.75) is 37.2 Å². The van der Waals surface area contributed by atoms with Gasteiger partial charge < -0.3 is 9.26 Å². The van der Waals surface area contributed by atoms with Gasteiger partial charge in [0.1, 0.15) is 5.25 Å². The van der Waals surface area contributed by atoms with E-state index in [1.54, 1.807) is 6.92 Å². The number of carbonyl (C=O) groups is 1. The number of nitrogens with zero attached hydrogens (tertiary/aromatic N) is 1. The summed E-state index contributed by atoms with van der Waals surface area (Å²) >= 11 is 0. The molecule has 0 spiro atoms. The topological polar surface area (TPSA) is 98.5 Å². The molecule has 7 nitrogen and oxygen atoms in total. The first-order valence-electron chi connectivity index (χ1n) is 6.46. The van der Waals surface area contributed by atoms with Crippen LogP contribution in [0, 0.1) is 6.92 Å². The lowest BCUT2D eigenvalue weighted by Gasteiger charge is -2.24. The van der Waals surface area contributed by atoms with E-state index in [2.05, 4.69) is 10.5 Å². The Labute approximate surface area is 117 Å². The lowest BCUT2D eigenvalue weighted by Crippen LogP contribution is -2.42. The summed E-state index contributed by atoms with van der Waals surface area (Å²) in [4.78, 5) is 12.0. The molecule has 1 saturated heterocycles. The molecule has 1 aromatic heterocycles. The highest BCUT2D eigenvalue weighted by molar-refractivity contribution is 7.93. The zero-order valence-electron chi connectivity index (χ0n) is 11.5. The zero-order valence-corrected chi connectivity index (χ0v) is 12.3. The summed E-state index contributed by atoms with van der Waals surface area (Å²) in [6.45, 7) is 3.81. The van der Waals surface area contributed by atoms with Gasteiger partial charge in [0.2, 0.25) is 11.8 Å². The Kier molecular flexibility index (Phi) is 4.44. The Balaban J connectivity index is 2.05. The minimum absolute atomic E-state index is 0.148. The Hall–Kier alpha value is -1.41. The van der Waals surface area contributed by atoms with Crippen molar-refractivity contribution >= 4 is 21.6 Å². The van der Waals surface area contributed by atoms with Crippen LogP contribution in [-0.2, 0) is 19.4 Å². The zero-order chi connectivity index (χ0) is 14.8. The summed E-state index contributed by atoms with van der Waals surface area (Å²) in [5, 5.41) is 4.27. The molecule has 1 N–H and O–H groups in total. The predicted octanol–water partition coefficient (Wildman–Crippen LogP) is 0.904. The molecule has 1 aliphatic rings. The molecule has 0 radical (unpaired) electrons. The van der Waals surface area contributed by atoms with Crippen LogP contribution in [0.3, 0.4) is 0 Å². The molecule has 1 aliphatic heterocycles. The number of carbonyl (C=O) groups excluding carboxylic acids is 1. The lowest BCUT2D eigenvalue weighted by atomic mass is 10.2. The van der Waals surface area contributed by atoms with Crippen molar-refractivity contribution in [3.63, 3.8) is 0 Å². The van der Waals surface area contributed by atoms with E-state index in [-0.39, 0.29) is 12.5 Å². The monoisotopic (exact) mass is 302 g/mol. The smallest absolute Gasteiger partial charge is 0.244 e. The highest BCUT2D eigenvalue weighted by Gasteiger charge is 2.37. The molecule has 2 atom stereocenters. The Morgan fingerprint density at radius 1 is 1.55 bits per heavy atom. The van der Waals surface area contributed by atoms with Gasteiger partial charge in [-0.2, -0.15) is 0 Å². The maximum atomic E-state index is 12.3. The molecule has 2 heterocycles. The highest BCUT2D eigenvalue weighted by atomic mass is 32.2. The van der Waals surface area contributed by atoms with Crippen LogP contribution in [0.5, 0.6) is 0 Å². The van der Waals surface area contributed by atoms with Crippen LogP contribution in [0.4, 0.5) is 5.88 Å². The van der Waals surface area contributed by atoms with E-state index in [1.165, 1.54) is 13.0 Å². The number of aromatic nitrogens is 1. The quantitative estimate of drug-likeness (QED) is 0.887. The van der Waals surface area contributed by atoms with Crippen LogP contribution < -0.4 is 5.32 Å². The number of aryl methyl sites for hydroxylation is 1. The van der Waals surface area contributed by atoms with Gasteiger partial charge in [-0.1, -0.05) is 5.16 Å². The second kappa shape index (κ2) is 5.92. The summed E-state index contributed by atoms with van der Waals surface area (Å²) in [5.74, 6) is -0.471. The fourth-order valence-electron chi connectivity index (χ4n) is 2.05. The molecule has 0 aromatic carbocycles. The number of sulfone groups is 1. The van der Waals surface area contributed by atoms with Crippen LogP contribution in [0.1, 0.15) is 25.5 Å². The molecule has 1 amide bonds. The Morgan fingerprint density at radius 2 is 2.30 bits per heavy atom. The van der Waals surface area contributed by atoms with E-state index in [0.29, 0.717) is 25.1 Å². The first-order valence-corrected chi connectivity index (χ1v) is 8.07. The fraction of sp³-hybridized carbons (Fsp3) is 0.667. The number of hydrogen-bond acceptors (Lipinski definition) is 6. The summed E-state index contributed by atoms with van der Waals surface area (Å²) in [6, 6.07) is 1.53. The van der Waals surface area contributed by atoms with Gasteiger partial charge in [0.15, 0.2) is 9.84 Å². The molecule has 1 aromatic rings. The van der Waals surface area contributed by atoms with Gasteiger partial charge >= 0.3 is 0 Å². The van der Waals surface area contributed by atoms with Crippen molar-refractivity contribution in [1.29, 1.82) is 0 Å². The average molecular weight is 302 g/mol. The molecule has 112 valence electrons. The second-order valence-electron chi connectivity index (χ2n) is 4.89. The van der Waals surface area contributed by atoms with E-state index in [9.17, 15) is 13.2 Å². The second-order valence-corrected chi connectivity index (χ2v) is 7.44. The molecule has 20 heavy (non-hydrogen) atoms. The first kappa shape index (κ1) is 15.0. The molecule has 8 heteroatoms. The fourth-order valence-corrected chi connectivity index (χ4v) is 3.77. The van der Waals surface area contributed by atoms with E-state index < -0.39 is 26.2 Å². The van der Waals surface area contributed by atoms with Crippen LogP contribution in [0.25, 0.3) is 0 Å². The minimum Gasteiger partial charge on any atom is -0.380 e. The summed E-state index contributed by atoms with van der Waals surface area (Å²) in [7, 11) is -3.57. The Morgan fingerprint density at radius 3 is 2.85 bits per heavy atom. The highest BCUT2D eigenvalue weighted by Crippen LogP contribution is 2.20. The molecule has 0 saturated carbocycles. The van der Waals surface area contributed by atoms with Crippen LogP contribution >= 0.6 is 0 Å². The maximum absolute atomic E-state index is 12.3. The normalized spacial score (nSPS) is 21.4. The molecular weight excluding hydrogens is 284 g/mol. The molecule has 0 unspecified atom stereocenters. The number of nitrogens with one attached hydrogen (secondary N) is 1. The van der Waals surface area contributed by atoms with Gasteiger partial charge in [-0.15, -0.1) is 0 Å². The van der Waals surface area contributed by atoms with E-state index >= 15 is 0 Å². The molecule has 0 bridgehead atoms. The molecule has 1 fully saturated rings. The number of anilines is 1. The SMILES string of the molecule is Cc1cc(NC(=O)[C@@H](C)S(=O)(=O)[C@H]2CCCOC2)on1. The third-order valence-corrected chi connectivity index (χ3v) is 5.82. The maximum Gasteiger partial charge on any atom is 0.244 e. The van der Waals surface area contributed by atoms with Gasteiger partial charge in [-0.3, -0.25) is 10.1 Å². The van der Waals surface area contributed by atoms with E-state index in [0.717, 1.165) is 0 Å². The van der Waals surface area contributed by atoms with Crippen molar-refractivity contribution < 1.29 is 22.5 Å². The number of ether oxygens (including phenoxy) is 1. The summed E-state index contributed by atoms with van der Waals surface area (Å²) in [6.07, 6.45) is 1.22. The number of hydrogen-bond donors (Lipinski definition) is 1.